The first kappa shape index (κ1) is 10.7. The summed E-state index contributed by atoms with van der Waals surface area (Å²) in [4.78, 5) is 14.9. The summed E-state index contributed by atoms with van der Waals surface area (Å²) in [6.45, 7) is 1.43. The van der Waals surface area contributed by atoms with E-state index >= 15 is 0 Å². The van der Waals surface area contributed by atoms with Crippen LogP contribution < -0.4 is 0 Å². The van der Waals surface area contributed by atoms with Gasteiger partial charge in [-0.25, -0.2) is 0 Å². The van der Waals surface area contributed by atoms with E-state index in [9.17, 15) is 4.79 Å². The van der Waals surface area contributed by atoms with Gasteiger partial charge in [0.1, 0.15) is 0 Å². The van der Waals surface area contributed by atoms with E-state index in [4.69, 9.17) is 10.2 Å². The number of aliphatic carboxylic acids is 1. The van der Waals surface area contributed by atoms with Gasteiger partial charge in [-0.1, -0.05) is 6.07 Å². The highest BCUT2D eigenvalue weighted by atomic mass is 16.4. The summed E-state index contributed by atoms with van der Waals surface area (Å²) in [6.07, 6.45) is 3.29. The molecule has 1 aromatic heterocycles. The van der Waals surface area contributed by atoms with Gasteiger partial charge >= 0.3 is 5.97 Å². The minimum absolute atomic E-state index is 0.155. The Kier molecular flexibility index (Phi) is 3.19. The Labute approximate surface area is 82.2 Å². The Balaban J connectivity index is 3.06. The number of hydrogen-bond acceptors (Lipinski definition) is 3. The average Bonchev–Trinajstić information content (AvgIpc) is 2.19. The van der Waals surface area contributed by atoms with Crippen LogP contribution >= 0.6 is 0 Å². The fraction of sp³-hybridized carbons (Fsp3) is 0.400. The Morgan fingerprint density at radius 3 is 2.79 bits per heavy atom. The fourth-order valence-electron chi connectivity index (χ4n) is 1.29. The molecule has 14 heavy (non-hydrogen) atoms. The standard InChI is InChI=1S/C10H13NO3/c1-10(4-6-12,9(13)14)8-3-2-5-11-7-8/h2-3,5,7,12H,4,6H2,1H3,(H,13,14). The molecule has 0 amide bonds. The zero-order valence-corrected chi connectivity index (χ0v) is 7.97. The molecular weight excluding hydrogens is 182 g/mol. The van der Waals surface area contributed by atoms with Crippen LogP contribution in [0.3, 0.4) is 0 Å². The monoisotopic (exact) mass is 195 g/mol. The van der Waals surface area contributed by atoms with Gasteiger partial charge in [-0.2, -0.15) is 0 Å². The van der Waals surface area contributed by atoms with Gasteiger partial charge in [-0.3, -0.25) is 9.78 Å². The molecule has 0 radical (unpaired) electrons. The zero-order valence-electron chi connectivity index (χ0n) is 7.97. The number of carbonyl (C=O) groups is 1. The largest absolute Gasteiger partial charge is 0.481 e. The van der Waals surface area contributed by atoms with Crippen LogP contribution in [-0.4, -0.2) is 27.8 Å². The smallest absolute Gasteiger partial charge is 0.313 e. The van der Waals surface area contributed by atoms with Crippen molar-refractivity contribution in [2.45, 2.75) is 18.8 Å². The Hall–Kier alpha value is -1.42. The van der Waals surface area contributed by atoms with E-state index in [-0.39, 0.29) is 13.0 Å². The van der Waals surface area contributed by atoms with E-state index in [1.54, 1.807) is 25.3 Å². The highest BCUT2D eigenvalue weighted by Gasteiger charge is 2.34. The molecule has 1 rings (SSSR count). The molecule has 2 N–H and O–H groups in total. The Morgan fingerprint density at radius 1 is 1.64 bits per heavy atom. The maximum Gasteiger partial charge on any atom is 0.313 e. The van der Waals surface area contributed by atoms with Crippen LogP contribution in [0.15, 0.2) is 24.5 Å². The van der Waals surface area contributed by atoms with Crippen molar-refractivity contribution >= 4 is 5.97 Å². The van der Waals surface area contributed by atoms with Gasteiger partial charge < -0.3 is 10.2 Å². The summed E-state index contributed by atoms with van der Waals surface area (Å²) in [7, 11) is 0. The summed E-state index contributed by atoms with van der Waals surface area (Å²) in [6, 6.07) is 3.39. The number of aliphatic hydroxyl groups excluding tert-OH is 1. The number of rotatable bonds is 4. The topological polar surface area (TPSA) is 70.4 Å². The Morgan fingerprint density at radius 2 is 2.36 bits per heavy atom. The number of hydrogen-bond donors (Lipinski definition) is 2. The van der Waals surface area contributed by atoms with Crippen LogP contribution in [0.2, 0.25) is 0 Å². The highest BCUT2D eigenvalue weighted by molar-refractivity contribution is 5.80. The van der Waals surface area contributed by atoms with Crippen LogP contribution in [0, 0.1) is 0 Å². The van der Waals surface area contributed by atoms with Crippen molar-refractivity contribution in [1.82, 2.24) is 4.98 Å². The maximum absolute atomic E-state index is 11.1. The molecule has 4 heteroatoms. The van der Waals surface area contributed by atoms with Crippen LogP contribution in [0.4, 0.5) is 0 Å². The summed E-state index contributed by atoms with van der Waals surface area (Å²) < 4.78 is 0. The average molecular weight is 195 g/mol. The van der Waals surface area contributed by atoms with Crippen molar-refractivity contribution in [3.63, 3.8) is 0 Å². The lowest BCUT2D eigenvalue weighted by Gasteiger charge is -2.23. The minimum Gasteiger partial charge on any atom is -0.481 e. The van der Waals surface area contributed by atoms with Crippen LogP contribution in [-0.2, 0) is 10.2 Å². The van der Waals surface area contributed by atoms with E-state index in [0.29, 0.717) is 5.56 Å². The van der Waals surface area contributed by atoms with E-state index in [0.717, 1.165) is 0 Å². The van der Waals surface area contributed by atoms with Gasteiger partial charge in [-0.15, -0.1) is 0 Å². The van der Waals surface area contributed by atoms with Crippen molar-refractivity contribution in [2.24, 2.45) is 0 Å². The van der Waals surface area contributed by atoms with E-state index in [2.05, 4.69) is 4.98 Å². The molecule has 1 heterocycles. The van der Waals surface area contributed by atoms with E-state index in [1.165, 1.54) is 6.20 Å². The normalized spacial score (nSPS) is 14.7. The first-order valence-electron chi connectivity index (χ1n) is 4.36. The third-order valence-electron chi connectivity index (χ3n) is 2.38. The molecule has 1 atom stereocenters. The molecule has 0 saturated heterocycles. The number of nitrogens with zero attached hydrogens (tertiary/aromatic N) is 1. The highest BCUT2D eigenvalue weighted by Crippen LogP contribution is 2.26. The lowest BCUT2D eigenvalue weighted by molar-refractivity contribution is -0.143. The minimum atomic E-state index is -1.05. The molecule has 0 bridgehead atoms. The van der Waals surface area contributed by atoms with Crippen molar-refractivity contribution in [3.05, 3.63) is 30.1 Å². The van der Waals surface area contributed by atoms with Gasteiger partial charge in [0.05, 0.1) is 5.41 Å². The van der Waals surface area contributed by atoms with Crippen molar-refractivity contribution < 1.29 is 15.0 Å². The molecule has 1 unspecified atom stereocenters. The second-order valence-electron chi connectivity index (χ2n) is 3.35. The molecule has 0 aliphatic carbocycles. The molecule has 76 valence electrons. The summed E-state index contributed by atoms with van der Waals surface area (Å²) in [5, 5.41) is 17.9. The van der Waals surface area contributed by atoms with E-state index in [1.807, 2.05) is 0 Å². The molecular formula is C10H13NO3. The summed E-state index contributed by atoms with van der Waals surface area (Å²) >= 11 is 0. The third-order valence-corrected chi connectivity index (χ3v) is 2.38. The van der Waals surface area contributed by atoms with Gasteiger partial charge in [0.15, 0.2) is 0 Å². The molecule has 0 fully saturated rings. The first-order valence-corrected chi connectivity index (χ1v) is 4.36. The first-order chi connectivity index (χ1) is 6.61. The molecule has 1 aromatic rings. The maximum atomic E-state index is 11.1. The van der Waals surface area contributed by atoms with Crippen LogP contribution in [0.1, 0.15) is 18.9 Å². The predicted molar refractivity (Wildman–Crippen MR) is 50.9 cm³/mol. The molecule has 0 aromatic carbocycles. The summed E-state index contributed by atoms with van der Waals surface area (Å²) in [5.74, 6) is -0.945. The molecule has 0 aliphatic heterocycles. The van der Waals surface area contributed by atoms with Gasteiger partial charge in [-0.05, 0) is 25.0 Å². The SMILES string of the molecule is CC(CCO)(C(=O)O)c1cccnc1. The number of pyridine rings is 1. The van der Waals surface area contributed by atoms with Crippen molar-refractivity contribution in [3.8, 4) is 0 Å². The number of aromatic nitrogens is 1. The van der Waals surface area contributed by atoms with Gasteiger partial charge in [0.25, 0.3) is 0 Å². The van der Waals surface area contributed by atoms with Gasteiger partial charge in [0, 0.05) is 19.0 Å². The summed E-state index contributed by atoms with van der Waals surface area (Å²) in [5.41, 5.74) is -0.440. The second-order valence-corrected chi connectivity index (χ2v) is 3.35. The molecule has 4 nitrogen and oxygen atoms in total. The number of carboxylic acids is 1. The van der Waals surface area contributed by atoms with Crippen molar-refractivity contribution in [1.29, 1.82) is 0 Å². The quantitative estimate of drug-likeness (QED) is 0.745. The third kappa shape index (κ3) is 1.90. The molecule has 0 saturated carbocycles. The van der Waals surface area contributed by atoms with Gasteiger partial charge in [0.2, 0.25) is 0 Å². The fourth-order valence-corrected chi connectivity index (χ4v) is 1.29. The van der Waals surface area contributed by atoms with Crippen LogP contribution in [0.25, 0.3) is 0 Å². The lowest BCUT2D eigenvalue weighted by atomic mass is 9.81. The van der Waals surface area contributed by atoms with Crippen molar-refractivity contribution in [2.75, 3.05) is 6.61 Å². The number of aliphatic hydroxyl groups is 1. The Bertz CT molecular complexity index is 312. The van der Waals surface area contributed by atoms with Crippen LogP contribution in [0.5, 0.6) is 0 Å². The molecule has 0 spiro atoms. The number of carboxylic acid groups (broad SMARTS) is 1. The second kappa shape index (κ2) is 4.19. The lowest BCUT2D eigenvalue weighted by Crippen LogP contribution is -2.33. The predicted octanol–water partition coefficient (Wildman–Crippen LogP) is 0.806. The molecule has 0 aliphatic rings. The zero-order chi connectivity index (χ0) is 10.6. The van der Waals surface area contributed by atoms with E-state index < -0.39 is 11.4 Å².